The predicted octanol–water partition coefficient (Wildman–Crippen LogP) is 3.67. The number of nitrogens with zero attached hydrogens (tertiary/aromatic N) is 2. The average Bonchev–Trinajstić information content (AvgIpc) is 2.11. The van der Waals surface area contributed by atoms with Crippen LogP contribution in [0.3, 0.4) is 0 Å². The number of pyridine rings is 1. The maximum Gasteiger partial charge on any atom is 0.423 e. The second kappa shape index (κ2) is 5.00. The molecule has 1 unspecified atom stereocenters. The summed E-state index contributed by atoms with van der Waals surface area (Å²) >= 11 is 5.48. The minimum Gasteiger partial charge on any atom is -0.250 e. The molecule has 1 aromatic heterocycles. The maximum atomic E-state index is 13.1. The minimum absolute atomic E-state index is 0.292. The average molecular weight is 305 g/mol. The molecule has 1 rings (SSSR count). The molecule has 102 valence electrons. The first-order valence-electron chi connectivity index (χ1n) is 4.54. The molecule has 0 aliphatic heterocycles. The van der Waals surface area contributed by atoms with Crippen LogP contribution in [0.15, 0.2) is 16.5 Å². The lowest BCUT2D eigenvalue weighted by Crippen LogP contribution is -2.16. The van der Waals surface area contributed by atoms with Crippen LogP contribution >= 0.6 is 11.6 Å². The van der Waals surface area contributed by atoms with Crippen LogP contribution in [-0.2, 0) is 9.73 Å². The van der Waals surface area contributed by atoms with Crippen LogP contribution in [0.1, 0.15) is 11.7 Å². The van der Waals surface area contributed by atoms with E-state index in [0.29, 0.717) is 0 Å². The first kappa shape index (κ1) is 15.2. The molecule has 1 heterocycles. The second-order valence-electron chi connectivity index (χ2n) is 3.76. The van der Waals surface area contributed by atoms with Crippen molar-refractivity contribution in [2.75, 3.05) is 12.5 Å². The maximum absolute atomic E-state index is 13.1. The summed E-state index contributed by atoms with van der Waals surface area (Å²) in [6.45, 7) is 0. The van der Waals surface area contributed by atoms with Crippen molar-refractivity contribution in [3.63, 3.8) is 0 Å². The third kappa shape index (κ3) is 4.41. The van der Waals surface area contributed by atoms with Gasteiger partial charge in [-0.3, -0.25) is 0 Å². The van der Waals surface area contributed by atoms with E-state index in [4.69, 9.17) is 11.6 Å². The molecule has 0 N–H and O–H groups in total. The highest BCUT2D eigenvalue weighted by Gasteiger charge is 2.41. The Morgan fingerprint density at radius 1 is 1.39 bits per heavy atom. The summed E-state index contributed by atoms with van der Waals surface area (Å²) in [5.41, 5.74) is -0.718. The zero-order valence-corrected chi connectivity index (χ0v) is 10.9. The zero-order valence-electron chi connectivity index (χ0n) is 9.33. The summed E-state index contributed by atoms with van der Waals surface area (Å²) in [5.74, 6) is -0.292. The number of halogens is 5. The Balaban J connectivity index is 3.30. The van der Waals surface area contributed by atoms with E-state index in [1.807, 2.05) is 0 Å². The van der Waals surface area contributed by atoms with Crippen molar-refractivity contribution in [1.29, 1.82) is 0 Å². The number of alkyl halides is 4. The number of hydrogen-bond acceptors (Lipinski definition) is 3. The van der Waals surface area contributed by atoms with E-state index < -0.39 is 27.6 Å². The molecule has 0 saturated carbocycles. The monoisotopic (exact) mass is 304 g/mol. The largest absolute Gasteiger partial charge is 0.423 e. The molecule has 3 nitrogen and oxygen atoms in total. The van der Waals surface area contributed by atoms with Crippen molar-refractivity contribution in [2.45, 2.75) is 12.3 Å². The Kier molecular flexibility index (Phi) is 4.22. The minimum atomic E-state index is -5.04. The van der Waals surface area contributed by atoms with Crippen molar-refractivity contribution >= 4 is 27.1 Å². The predicted molar refractivity (Wildman–Crippen MR) is 61.2 cm³/mol. The van der Waals surface area contributed by atoms with E-state index in [9.17, 15) is 21.8 Å². The molecule has 1 aromatic rings. The van der Waals surface area contributed by atoms with E-state index in [1.54, 1.807) is 0 Å². The van der Waals surface area contributed by atoms with Crippen molar-refractivity contribution in [1.82, 2.24) is 4.98 Å². The molecule has 0 radical (unpaired) electrons. The molecular formula is C9H9ClF4N2OS. The summed E-state index contributed by atoms with van der Waals surface area (Å²) in [6, 6.07) is 1.53. The third-order valence-corrected chi connectivity index (χ3v) is 2.52. The van der Waals surface area contributed by atoms with Crippen LogP contribution < -0.4 is 0 Å². The van der Waals surface area contributed by atoms with Crippen LogP contribution in [-0.4, -0.2) is 27.9 Å². The molecule has 1 atom stereocenters. The molecular weight excluding hydrogens is 296 g/mol. The molecule has 0 aliphatic carbocycles. The van der Waals surface area contributed by atoms with Gasteiger partial charge in [-0.15, -0.1) is 0 Å². The van der Waals surface area contributed by atoms with Gasteiger partial charge in [0.25, 0.3) is 0 Å². The molecule has 0 saturated heterocycles. The topological polar surface area (TPSA) is 42.3 Å². The van der Waals surface area contributed by atoms with Crippen molar-refractivity contribution in [2.24, 2.45) is 4.36 Å². The van der Waals surface area contributed by atoms with Gasteiger partial charge in [0.05, 0.1) is 0 Å². The standard InChI is InChI=1S/C9H9ClF4N2OS/c1-18(2,17)16-7-4-5(3-6(10)15-7)8(11)9(12,13)14/h3-4,8H,1-2H3. The molecule has 18 heavy (non-hydrogen) atoms. The lowest BCUT2D eigenvalue weighted by molar-refractivity contribution is -0.182. The summed E-state index contributed by atoms with van der Waals surface area (Å²) in [4.78, 5) is 3.57. The van der Waals surface area contributed by atoms with Crippen LogP contribution in [0.2, 0.25) is 5.15 Å². The van der Waals surface area contributed by atoms with E-state index in [0.717, 1.165) is 12.1 Å². The van der Waals surface area contributed by atoms with Gasteiger partial charge in [-0.25, -0.2) is 13.6 Å². The molecule has 0 amide bonds. The summed E-state index contributed by atoms with van der Waals surface area (Å²) in [5, 5.41) is -0.346. The molecule has 9 heteroatoms. The van der Waals surface area contributed by atoms with Gasteiger partial charge in [-0.05, 0) is 12.1 Å². The highest BCUT2D eigenvalue weighted by molar-refractivity contribution is 7.92. The van der Waals surface area contributed by atoms with E-state index in [2.05, 4.69) is 9.35 Å². The van der Waals surface area contributed by atoms with Gasteiger partial charge in [0.15, 0.2) is 5.82 Å². The third-order valence-electron chi connectivity index (χ3n) is 1.70. The second-order valence-corrected chi connectivity index (χ2v) is 6.69. The Morgan fingerprint density at radius 2 is 1.94 bits per heavy atom. The summed E-state index contributed by atoms with van der Waals surface area (Å²) in [6.07, 6.45) is -5.68. The van der Waals surface area contributed by atoms with Crippen LogP contribution in [0.4, 0.5) is 23.4 Å². The highest BCUT2D eigenvalue weighted by atomic mass is 35.5. The fourth-order valence-electron chi connectivity index (χ4n) is 1.11. The smallest absolute Gasteiger partial charge is 0.250 e. The lowest BCUT2D eigenvalue weighted by Gasteiger charge is -2.12. The van der Waals surface area contributed by atoms with Gasteiger partial charge >= 0.3 is 6.18 Å². The SMILES string of the molecule is CS(C)(=O)=Nc1cc(C(F)C(F)(F)F)cc(Cl)n1. The van der Waals surface area contributed by atoms with Crippen molar-refractivity contribution < 1.29 is 21.8 Å². The van der Waals surface area contributed by atoms with Crippen molar-refractivity contribution in [3.8, 4) is 0 Å². The van der Waals surface area contributed by atoms with Gasteiger partial charge in [0, 0.05) is 27.8 Å². The van der Waals surface area contributed by atoms with Gasteiger partial charge in [0.2, 0.25) is 6.17 Å². The Bertz CT molecular complexity index is 558. The van der Waals surface area contributed by atoms with Gasteiger partial charge in [0.1, 0.15) is 5.15 Å². The van der Waals surface area contributed by atoms with E-state index >= 15 is 0 Å². The molecule has 0 bridgehead atoms. The van der Waals surface area contributed by atoms with Gasteiger partial charge < -0.3 is 0 Å². The fourth-order valence-corrected chi connectivity index (χ4v) is 1.87. The van der Waals surface area contributed by atoms with Gasteiger partial charge in [-0.2, -0.15) is 17.5 Å². The van der Waals surface area contributed by atoms with E-state index in [1.165, 1.54) is 12.5 Å². The van der Waals surface area contributed by atoms with Crippen LogP contribution in [0.25, 0.3) is 0 Å². The molecule has 0 spiro atoms. The van der Waals surface area contributed by atoms with Gasteiger partial charge in [-0.1, -0.05) is 11.6 Å². The quantitative estimate of drug-likeness (QED) is 0.618. The summed E-state index contributed by atoms with van der Waals surface area (Å²) < 4.78 is 64.7. The molecule has 0 fully saturated rings. The number of hydrogen-bond donors (Lipinski definition) is 0. The molecule has 0 aliphatic rings. The molecule has 0 aromatic carbocycles. The van der Waals surface area contributed by atoms with E-state index in [-0.39, 0.29) is 11.0 Å². The first-order valence-corrected chi connectivity index (χ1v) is 7.25. The Hall–Kier alpha value is -0.890. The van der Waals surface area contributed by atoms with Crippen molar-refractivity contribution in [3.05, 3.63) is 22.8 Å². The van der Waals surface area contributed by atoms with Crippen LogP contribution in [0, 0.1) is 0 Å². The Morgan fingerprint density at radius 3 is 2.39 bits per heavy atom. The van der Waals surface area contributed by atoms with Crippen LogP contribution in [0.5, 0.6) is 0 Å². The summed E-state index contributed by atoms with van der Waals surface area (Å²) in [7, 11) is -2.62. The highest BCUT2D eigenvalue weighted by Crippen LogP contribution is 2.37. The fraction of sp³-hybridized carbons (Fsp3) is 0.444. The number of aromatic nitrogens is 1. The first-order chi connectivity index (χ1) is 7.99. The number of rotatable bonds is 2. The normalized spacial score (nSPS) is 14.4. The lowest BCUT2D eigenvalue weighted by atomic mass is 10.1. The Labute approximate surface area is 106 Å². The zero-order chi connectivity index (χ0) is 14.1.